The molecule has 4 rings (SSSR count). The van der Waals surface area contributed by atoms with Crippen molar-refractivity contribution < 1.29 is 14.3 Å². The zero-order chi connectivity index (χ0) is 24.9. The molecule has 1 aromatic heterocycles. The van der Waals surface area contributed by atoms with E-state index in [2.05, 4.69) is 23.7 Å². The second kappa shape index (κ2) is 11.2. The number of hydrogen-bond acceptors (Lipinski definition) is 5. The highest BCUT2D eigenvalue weighted by molar-refractivity contribution is 7.80. The van der Waals surface area contributed by atoms with Crippen molar-refractivity contribution in [2.45, 2.75) is 32.7 Å². The van der Waals surface area contributed by atoms with Gasteiger partial charge in [-0.1, -0.05) is 11.6 Å². The first-order valence-corrected chi connectivity index (χ1v) is 13.0. The lowest BCUT2D eigenvalue weighted by atomic mass is 10.1. The van der Waals surface area contributed by atoms with Gasteiger partial charge in [0.25, 0.3) is 5.91 Å². The highest BCUT2D eigenvalue weighted by atomic mass is 35.5. The van der Waals surface area contributed by atoms with Crippen molar-refractivity contribution in [1.82, 2.24) is 4.90 Å². The molecule has 0 radical (unpaired) electrons. The molecule has 0 aliphatic carbocycles. The Morgan fingerprint density at radius 3 is 2.49 bits per heavy atom. The highest BCUT2D eigenvalue weighted by Gasteiger charge is 2.44. The number of thiophene rings is 1. The van der Waals surface area contributed by atoms with Crippen molar-refractivity contribution in [2.75, 3.05) is 23.4 Å². The summed E-state index contributed by atoms with van der Waals surface area (Å²) in [5.74, 6) is 0.253. The Kier molecular flexibility index (Phi) is 8.05. The summed E-state index contributed by atoms with van der Waals surface area (Å²) in [5.41, 5.74) is 2.49. The van der Waals surface area contributed by atoms with Crippen LogP contribution in [0.25, 0.3) is 0 Å². The number of benzene rings is 2. The summed E-state index contributed by atoms with van der Waals surface area (Å²) in [5, 5.41) is 5.91. The quantitative estimate of drug-likeness (QED) is 0.363. The number of hydrogen-bond donors (Lipinski definition) is 1. The van der Waals surface area contributed by atoms with Gasteiger partial charge in [-0.3, -0.25) is 14.5 Å². The Labute approximate surface area is 219 Å². The van der Waals surface area contributed by atoms with Gasteiger partial charge in [-0.25, -0.2) is 0 Å². The maximum atomic E-state index is 13.5. The molecule has 0 saturated carbocycles. The summed E-state index contributed by atoms with van der Waals surface area (Å²) in [4.78, 5) is 31.1. The number of anilines is 2. The average Bonchev–Trinajstić information content (AvgIpc) is 3.34. The Morgan fingerprint density at radius 2 is 1.86 bits per heavy atom. The molecule has 2 amide bonds. The minimum Gasteiger partial charge on any atom is -0.494 e. The van der Waals surface area contributed by atoms with Gasteiger partial charge in [-0.05, 0) is 98.0 Å². The van der Waals surface area contributed by atoms with Crippen molar-refractivity contribution in [1.29, 1.82) is 0 Å². The van der Waals surface area contributed by atoms with E-state index < -0.39 is 6.04 Å². The van der Waals surface area contributed by atoms with E-state index >= 15 is 0 Å². The molecular weight excluding hydrogens is 502 g/mol. The Bertz CT molecular complexity index is 1210. The number of nitrogens with one attached hydrogen (secondary N) is 1. The Morgan fingerprint density at radius 1 is 1.14 bits per heavy atom. The molecule has 182 valence electrons. The normalized spacial score (nSPS) is 15.6. The van der Waals surface area contributed by atoms with Crippen LogP contribution in [0.15, 0.2) is 60.0 Å². The number of thiocarbonyl (C=S) groups is 1. The van der Waals surface area contributed by atoms with Crippen LogP contribution in [0.3, 0.4) is 0 Å². The first kappa shape index (κ1) is 25.2. The molecule has 1 atom stereocenters. The largest absolute Gasteiger partial charge is 0.494 e. The summed E-state index contributed by atoms with van der Waals surface area (Å²) < 4.78 is 5.45. The van der Waals surface area contributed by atoms with Crippen LogP contribution in [0.1, 0.15) is 23.8 Å². The highest BCUT2D eigenvalue weighted by Crippen LogP contribution is 2.29. The predicted molar refractivity (Wildman–Crippen MR) is 146 cm³/mol. The van der Waals surface area contributed by atoms with Gasteiger partial charge in [-0.15, -0.1) is 11.3 Å². The van der Waals surface area contributed by atoms with Crippen molar-refractivity contribution in [2.24, 2.45) is 0 Å². The SMILES string of the molecule is CCOc1ccc(NC(=O)CC2C(=O)N(c3ccc(Cl)cc3)C(=S)N2CCc2sccc2C)cc1. The fourth-order valence-electron chi connectivity index (χ4n) is 3.99. The lowest BCUT2D eigenvalue weighted by Gasteiger charge is -2.24. The van der Waals surface area contributed by atoms with Gasteiger partial charge in [0.2, 0.25) is 5.91 Å². The number of amides is 2. The third-order valence-electron chi connectivity index (χ3n) is 5.78. The molecule has 1 fully saturated rings. The number of carbonyl (C=O) groups excluding carboxylic acids is 2. The van der Waals surface area contributed by atoms with Gasteiger partial charge in [0.15, 0.2) is 5.11 Å². The van der Waals surface area contributed by atoms with Gasteiger partial charge in [0.1, 0.15) is 11.8 Å². The number of nitrogens with zero attached hydrogens (tertiary/aromatic N) is 2. The minimum absolute atomic E-state index is 0.0142. The standard InChI is InChI=1S/C26H26ClN3O3S2/c1-3-33-21-10-6-19(7-11-21)28-24(31)16-22-25(32)30(20-8-4-18(27)5-9-20)26(34)29(22)14-12-23-17(2)13-15-35-23/h4-11,13,15,22H,3,12,14,16H2,1-2H3,(H,28,31). The molecule has 1 unspecified atom stereocenters. The molecule has 1 aliphatic heterocycles. The van der Waals surface area contributed by atoms with E-state index in [0.717, 1.165) is 12.2 Å². The Hall–Kier alpha value is -2.94. The van der Waals surface area contributed by atoms with Crippen LogP contribution in [0.2, 0.25) is 5.02 Å². The molecule has 6 nitrogen and oxygen atoms in total. The number of ether oxygens (including phenoxy) is 1. The smallest absolute Gasteiger partial charge is 0.256 e. The number of aryl methyl sites for hydroxylation is 1. The topological polar surface area (TPSA) is 61.9 Å². The Balaban J connectivity index is 1.52. The predicted octanol–water partition coefficient (Wildman–Crippen LogP) is 5.68. The van der Waals surface area contributed by atoms with E-state index in [1.807, 2.05) is 11.8 Å². The summed E-state index contributed by atoms with van der Waals surface area (Å²) in [6.07, 6.45) is 0.724. The molecule has 9 heteroatoms. The molecule has 1 aliphatic rings. The fraction of sp³-hybridized carbons (Fsp3) is 0.269. The van der Waals surface area contributed by atoms with Crippen LogP contribution < -0.4 is 15.0 Å². The molecule has 1 N–H and O–H groups in total. The number of carbonyl (C=O) groups is 2. The maximum absolute atomic E-state index is 13.5. The van der Waals surface area contributed by atoms with E-state index in [9.17, 15) is 9.59 Å². The second-order valence-electron chi connectivity index (χ2n) is 8.13. The third-order valence-corrected chi connectivity index (χ3v) is 7.53. The number of rotatable bonds is 9. The van der Waals surface area contributed by atoms with E-state index in [1.165, 1.54) is 15.3 Å². The first-order chi connectivity index (χ1) is 16.9. The fourth-order valence-corrected chi connectivity index (χ4v) is 5.43. The first-order valence-electron chi connectivity index (χ1n) is 11.3. The van der Waals surface area contributed by atoms with Gasteiger partial charge in [-0.2, -0.15) is 0 Å². The minimum atomic E-state index is -0.693. The van der Waals surface area contributed by atoms with Gasteiger partial charge in [0.05, 0.1) is 18.7 Å². The van der Waals surface area contributed by atoms with Crippen LogP contribution >= 0.6 is 35.2 Å². The molecule has 3 aromatic rings. The van der Waals surface area contributed by atoms with Crippen molar-refractivity contribution in [3.8, 4) is 5.75 Å². The molecular formula is C26H26ClN3O3S2. The lowest BCUT2D eigenvalue weighted by molar-refractivity contribution is -0.124. The zero-order valence-corrected chi connectivity index (χ0v) is 21.9. The van der Waals surface area contributed by atoms with Crippen LogP contribution in [0.5, 0.6) is 5.75 Å². The van der Waals surface area contributed by atoms with Crippen molar-refractivity contribution in [3.63, 3.8) is 0 Å². The summed E-state index contributed by atoms with van der Waals surface area (Å²) in [6, 6.07) is 15.5. The lowest BCUT2D eigenvalue weighted by Crippen LogP contribution is -2.39. The van der Waals surface area contributed by atoms with Crippen LogP contribution in [0.4, 0.5) is 11.4 Å². The maximum Gasteiger partial charge on any atom is 0.256 e. The van der Waals surface area contributed by atoms with Gasteiger partial charge < -0.3 is 15.0 Å². The second-order valence-corrected chi connectivity index (χ2v) is 9.93. The molecule has 1 saturated heterocycles. The van der Waals surface area contributed by atoms with E-state index in [1.54, 1.807) is 59.9 Å². The number of halogens is 1. The van der Waals surface area contributed by atoms with Crippen molar-refractivity contribution >= 4 is 63.5 Å². The molecule has 0 bridgehead atoms. The van der Waals surface area contributed by atoms with Gasteiger partial charge >= 0.3 is 0 Å². The van der Waals surface area contributed by atoms with Crippen LogP contribution in [0, 0.1) is 6.92 Å². The molecule has 0 spiro atoms. The van der Waals surface area contributed by atoms with Crippen molar-refractivity contribution in [3.05, 3.63) is 75.4 Å². The summed E-state index contributed by atoms with van der Waals surface area (Å²) in [7, 11) is 0. The molecule has 35 heavy (non-hydrogen) atoms. The van der Waals surface area contributed by atoms with E-state index in [0.29, 0.717) is 34.7 Å². The molecule has 2 heterocycles. The monoisotopic (exact) mass is 527 g/mol. The summed E-state index contributed by atoms with van der Waals surface area (Å²) >= 11 is 13.5. The zero-order valence-electron chi connectivity index (χ0n) is 19.5. The summed E-state index contributed by atoms with van der Waals surface area (Å²) in [6.45, 7) is 5.09. The van der Waals surface area contributed by atoms with Crippen LogP contribution in [-0.2, 0) is 16.0 Å². The van der Waals surface area contributed by atoms with E-state index in [-0.39, 0.29) is 18.2 Å². The van der Waals surface area contributed by atoms with Crippen LogP contribution in [-0.4, -0.2) is 41.0 Å². The third kappa shape index (κ3) is 5.83. The van der Waals surface area contributed by atoms with E-state index in [4.69, 9.17) is 28.6 Å². The molecule has 2 aromatic carbocycles. The average molecular weight is 528 g/mol. The van der Waals surface area contributed by atoms with Gasteiger partial charge in [0, 0.05) is 22.1 Å².